The topological polar surface area (TPSA) is 106 Å². The Morgan fingerprint density at radius 1 is 1.22 bits per heavy atom. The predicted octanol–water partition coefficient (Wildman–Crippen LogP) is 2.44. The van der Waals surface area contributed by atoms with E-state index in [2.05, 4.69) is 25.6 Å². The van der Waals surface area contributed by atoms with Crippen LogP contribution in [0.3, 0.4) is 0 Å². The number of nitrogens with zero attached hydrogens (tertiary/aromatic N) is 5. The molecule has 166 valence electrons. The molecule has 1 spiro atoms. The van der Waals surface area contributed by atoms with Gasteiger partial charge in [-0.2, -0.15) is 4.98 Å². The SMILES string of the molecule is CC1(C)C(=O)Nc2cc(Nc3nc4c(N5CCCC6(C5)OCCO6)nccn4n3)ccc21. The third-order valence-electron chi connectivity index (χ3n) is 6.53. The molecule has 3 aliphatic heterocycles. The fourth-order valence-corrected chi connectivity index (χ4v) is 4.78. The van der Waals surface area contributed by atoms with Crippen molar-refractivity contribution in [2.45, 2.75) is 37.9 Å². The van der Waals surface area contributed by atoms with Crippen LogP contribution in [0.5, 0.6) is 0 Å². The van der Waals surface area contributed by atoms with Crippen LogP contribution in [0.25, 0.3) is 5.65 Å². The van der Waals surface area contributed by atoms with Gasteiger partial charge in [-0.3, -0.25) is 4.79 Å². The lowest BCUT2D eigenvalue weighted by atomic mass is 9.86. The third-order valence-corrected chi connectivity index (χ3v) is 6.53. The fourth-order valence-electron chi connectivity index (χ4n) is 4.78. The summed E-state index contributed by atoms with van der Waals surface area (Å²) in [6, 6.07) is 5.82. The molecule has 10 heteroatoms. The molecule has 0 aliphatic carbocycles. The van der Waals surface area contributed by atoms with Crippen LogP contribution < -0.4 is 15.5 Å². The van der Waals surface area contributed by atoms with E-state index in [9.17, 15) is 4.79 Å². The number of benzene rings is 1. The van der Waals surface area contributed by atoms with Gasteiger partial charge in [0.05, 0.1) is 25.2 Å². The maximum absolute atomic E-state index is 12.2. The van der Waals surface area contributed by atoms with Crippen LogP contribution in [0.1, 0.15) is 32.3 Å². The number of rotatable bonds is 3. The highest BCUT2D eigenvalue weighted by molar-refractivity contribution is 6.06. The summed E-state index contributed by atoms with van der Waals surface area (Å²) in [5, 5.41) is 10.8. The Bertz CT molecular complexity index is 1220. The van der Waals surface area contributed by atoms with Gasteiger partial charge in [0.25, 0.3) is 0 Å². The minimum atomic E-state index is -0.545. The Morgan fingerprint density at radius 3 is 2.91 bits per heavy atom. The first-order valence-electron chi connectivity index (χ1n) is 10.9. The number of nitrogens with one attached hydrogen (secondary N) is 2. The van der Waals surface area contributed by atoms with Gasteiger partial charge in [-0.15, -0.1) is 5.10 Å². The van der Waals surface area contributed by atoms with Gasteiger partial charge in [0, 0.05) is 36.7 Å². The van der Waals surface area contributed by atoms with Gasteiger partial charge in [0.1, 0.15) is 0 Å². The Kier molecular flexibility index (Phi) is 4.18. The molecule has 0 bridgehead atoms. The van der Waals surface area contributed by atoms with Crippen molar-refractivity contribution in [3.8, 4) is 0 Å². The second-order valence-corrected chi connectivity index (χ2v) is 9.05. The number of anilines is 4. The summed E-state index contributed by atoms with van der Waals surface area (Å²) in [4.78, 5) is 23.7. The second-order valence-electron chi connectivity index (χ2n) is 9.05. The number of hydrogen-bond donors (Lipinski definition) is 2. The van der Waals surface area contributed by atoms with Crippen molar-refractivity contribution >= 4 is 34.7 Å². The lowest BCUT2D eigenvalue weighted by Gasteiger charge is -2.39. The van der Waals surface area contributed by atoms with E-state index in [1.807, 2.05) is 32.0 Å². The molecule has 0 unspecified atom stereocenters. The van der Waals surface area contributed by atoms with E-state index < -0.39 is 11.2 Å². The summed E-state index contributed by atoms with van der Waals surface area (Å²) in [5.74, 6) is 0.675. The van der Waals surface area contributed by atoms with Crippen LogP contribution in [-0.2, 0) is 19.7 Å². The minimum Gasteiger partial charge on any atom is -0.348 e. The van der Waals surface area contributed by atoms with Crippen molar-refractivity contribution in [3.63, 3.8) is 0 Å². The fraction of sp³-hybridized carbons (Fsp3) is 0.455. The molecule has 32 heavy (non-hydrogen) atoms. The molecule has 0 atom stereocenters. The summed E-state index contributed by atoms with van der Waals surface area (Å²) < 4.78 is 13.5. The van der Waals surface area contributed by atoms with E-state index in [4.69, 9.17) is 14.5 Å². The number of hydrogen-bond acceptors (Lipinski definition) is 8. The molecule has 10 nitrogen and oxygen atoms in total. The average molecular weight is 435 g/mol. The molecule has 5 heterocycles. The first-order valence-corrected chi connectivity index (χ1v) is 10.9. The van der Waals surface area contributed by atoms with Crippen LogP contribution in [0.4, 0.5) is 23.1 Å². The van der Waals surface area contributed by atoms with E-state index in [-0.39, 0.29) is 5.91 Å². The van der Waals surface area contributed by atoms with Crippen molar-refractivity contribution in [2.75, 3.05) is 41.8 Å². The summed E-state index contributed by atoms with van der Waals surface area (Å²) >= 11 is 0. The maximum atomic E-state index is 12.2. The monoisotopic (exact) mass is 435 g/mol. The first kappa shape index (κ1) is 19.4. The highest BCUT2D eigenvalue weighted by atomic mass is 16.7. The summed E-state index contributed by atoms with van der Waals surface area (Å²) in [5.41, 5.74) is 2.73. The number of amides is 1. The molecule has 1 amide bonds. The molecule has 3 aromatic rings. The average Bonchev–Trinajstić information content (AvgIpc) is 3.45. The standard InChI is InChI=1S/C22H25N7O3/c1-21(2)15-5-4-14(12-16(15)25-19(21)30)24-20-26-18-17(23-7-9-29(18)27-20)28-8-3-6-22(13-28)31-10-11-32-22/h4-5,7,9,12H,3,6,8,10-11,13H2,1-2H3,(H,24,27)(H,25,30). The van der Waals surface area contributed by atoms with Crippen molar-refractivity contribution in [3.05, 3.63) is 36.2 Å². The second kappa shape index (κ2) is 6.88. The quantitative estimate of drug-likeness (QED) is 0.646. The zero-order valence-corrected chi connectivity index (χ0v) is 18.1. The normalized spacial score (nSPS) is 21.2. The number of aromatic nitrogens is 4. The zero-order chi connectivity index (χ0) is 21.9. The predicted molar refractivity (Wildman–Crippen MR) is 118 cm³/mol. The maximum Gasteiger partial charge on any atom is 0.247 e. The number of piperidine rings is 1. The third kappa shape index (κ3) is 3.01. The lowest BCUT2D eigenvalue weighted by molar-refractivity contribution is -0.161. The van der Waals surface area contributed by atoms with Gasteiger partial charge in [0.2, 0.25) is 11.9 Å². The number of fused-ring (bicyclic) bond motifs is 2. The molecule has 2 fully saturated rings. The molecule has 3 aliphatic rings. The van der Waals surface area contributed by atoms with Gasteiger partial charge in [-0.1, -0.05) is 6.07 Å². The molecule has 2 saturated heterocycles. The molecule has 0 radical (unpaired) electrons. The van der Waals surface area contributed by atoms with Crippen molar-refractivity contribution in [1.29, 1.82) is 0 Å². The number of carbonyl (C=O) groups is 1. The Morgan fingerprint density at radius 2 is 2.06 bits per heavy atom. The highest BCUT2D eigenvalue weighted by Crippen LogP contribution is 2.39. The number of ether oxygens (including phenoxy) is 2. The molecule has 0 saturated carbocycles. The lowest BCUT2D eigenvalue weighted by Crippen LogP contribution is -2.49. The van der Waals surface area contributed by atoms with Gasteiger partial charge >= 0.3 is 0 Å². The molecule has 2 N–H and O–H groups in total. The van der Waals surface area contributed by atoms with Crippen LogP contribution in [0, 0.1) is 0 Å². The van der Waals surface area contributed by atoms with E-state index in [1.165, 1.54) is 0 Å². The minimum absolute atomic E-state index is 0.000691. The Hall–Kier alpha value is -3.24. The van der Waals surface area contributed by atoms with E-state index in [1.54, 1.807) is 16.9 Å². The van der Waals surface area contributed by atoms with Crippen LogP contribution in [-0.4, -0.2) is 57.6 Å². The van der Waals surface area contributed by atoms with E-state index in [0.717, 1.165) is 42.1 Å². The molecular weight excluding hydrogens is 410 g/mol. The van der Waals surface area contributed by atoms with Gasteiger partial charge in [0.15, 0.2) is 17.3 Å². The number of carbonyl (C=O) groups excluding carboxylic acids is 1. The summed E-state index contributed by atoms with van der Waals surface area (Å²) in [6.07, 6.45) is 5.35. The Labute approximate surface area is 184 Å². The van der Waals surface area contributed by atoms with Gasteiger partial charge in [-0.05, 0) is 38.0 Å². The van der Waals surface area contributed by atoms with Crippen LogP contribution >= 0.6 is 0 Å². The molecule has 2 aromatic heterocycles. The summed E-state index contributed by atoms with van der Waals surface area (Å²) in [6.45, 7) is 6.58. The van der Waals surface area contributed by atoms with Gasteiger partial charge in [-0.25, -0.2) is 9.50 Å². The van der Waals surface area contributed by atoms with Crippen molar-refractivity contribution < 1.29 is 14.3 Å². The van der Waals surface area contributed by atoms with E-state index >= 15 is 0 Å². The smallest absolute Gasteiger partial charge is 0.247 e. The van der Waals surface area contributed by atoms with Crippen molar-refractivity contribution in [1.82, 2.24) is 19.6 Å². The molecular formula is C22H25N7O3. The highest BCUT2D eigenvalue weighted by Gasteiger charge is 2.42. The van der Waals surface area contributed by atoms with Crippen molar-refractivity contribution in [2.24, 2.45) is 0 Å². The zero-order valence-electron chi connectivity index (χ0n) is 18.1. The Balaban J connectivity index is 1.29. The van der Waals surface area contributed by atoms with E-state index in [0.29, 0.717) is 31.4 Å². The molecule has 6 rings (SSSR count). The van der Waals surface area contributed by atoms with Crippen LogP contribution in [0.15, 0.2) is 30.6 Å². The first-order chi connectivity index (χ1) is 15.4. The largest absolute Gasteiger partial charge is 0.348 e. The van der Waals surface area contributed by atoms with Gasteiger partial charge < -0.3 is 25.0 Å². The molecule has 1 aromatic carbocycles. The summed E-state index contributed by atoms with van der Waals surface area (Å²) in [7, 11) is 0. The van der Waals surface area contributed by atoms with Crippen LogP contribution in [0.2, 0.25) is 0 Å².